The van der Waals surface area contributed by atoms with Crippen molar-refractivity contribution >= 4 is 0 Å². The van der Waals surface area contributed by atoms with Crippen LogP contribution in [0.3, 0.4) is 0 Å². The number of halogens is 1. The topological polar surface area (TPSA) is 78.5 Å². The number of H-pyrrole nitrogens is 1. The van der Waals surface area contributed by atoms with Crippen molar-refractivity contribution in [1.82, 2.24) is 15.1 Å². The number of aryl methyl sites for hydroxylation is 1. The van der Waals surface area contributed by atoms with Gasteiger partial charge < -0.3 is 9.51 Å². The van der Waals surface area contributed by atoms with E-state index in [9.17, 15) is 4.39 Å². The van der Waals surface area contributed by atoms with Crippen molar-refractivity contribution < 1.29 is 8.91 Å². The van der Waals surface area contributed by atoms with Gasteiger partial charge in [0.25, 0.3) is 5.89 Å². The average Bonchev–Trinajstić information content (AvgIpc) is 3.06. The van der Waals surface area contributed by atoms with Gasteiger partial charge in [-0.1, -0.05) is 5.16 Å². The van der Waals surface area contributed by atoms with E-state index in [1.165, 1.54) is 12.1 Å². The van der Waals surface area contributed by atoms with Crippen LogP contribution in [-0.2, 0) is 0 Å². The van der Waals surface area contributed by atoms with Crippen molar-refractivity contribution in [1.29, 1.82) is 5.26 Å². The zero-order chi connectivity index (χ0) is 14.1. The Hall–Kier alpha value is -2.94. The first kappa shape index (κ1) is 12.1. The first-order valence-electron chi connectivity index (χ1n) is 5.86. The van der Waals surface area contributed by atoms with E-state index in [2.05, 4.69) is 15.1 Å². The molecule has 0 saturated heterocycles. The second-order valence-corrected chi connectivity index (χ2v) is 4.34. The number of nitrogens with zero attached hydrogens (tertiary/aromatic N) is 3. The maximum atomic E-state index is 13.4. The highest BCUT2D eigenvalue weighted by molar-refractivity contribution is 5.59. The normalized spacial score (nSPS) is 10.4. The predicted octanol–water partition coefficient (Wildman–Crippen LogP) is 3.05. The van der Waals surface area contributed by atoms with Crippen LogP contribution in [0.15, 0.2) is 34.9 Å². The van der Waals surface area contributed by atoms with Crippen molar-refractivity contribution in [2.45, 2.75) is 6.92 Å². The number of aromatic amines is 1. The third-order valence-electron chi connectivity index (χ3n) is 2.76. The van der Waals surface area contributed by atoms with Crippen LogP contribution in [0.4, 0.5) is 4.39 Å². The molecule has 2 heterocycles. The molecule has 1 N–H and O–H groups in total. The van der Waals surface area contributed by atoms with Crippen LogP contribution in [-0.4, -0.2) is 15.1 Å². The van der Waals surface area contributed by atoms with Gasteiger partial charge in [0.05, 0.1) is 0 Å². The Kier molecular flexibility index (Phi) is 2.80. The van der Waals surface area contributed by atoms with Gasteiger partial charge in [0, 0.05) is 5.56 Å². The Labute approximate surface area is 113 Å². The molecule has 0 aliphatic carbocycles. The molecule has 20 heavy (non-hydrogen) atoms. The lowest BCUT2D eigenvalue weighted by Crippen LogP contribution is -1.85. The minimum atomic E-state index is -0.349. The van der Waals surface area contributed by atoms with Gasteiger partial charge in [-0.25, -0.2) is 4.39 Å². The van der Waals surface area contributed by atoms with Crippen LogP contribution in [0.25, 0.3) is 23.0 Å². The summed E-state index contributed by atoms with van der Waals surface area (Å²) in [5.74, 6) is 0.206. The van der Waals surface area contributed by atoms with Gasteiger partial charge in [-0.05, 0) is 42.8 Å². The lowest BCUT2D eigenvalue weighted by atomic mass is 10.1. The lowest BCUT2D eigenvalue weighted by Gasteiger charge is -1.97. The van der Waals surface area contributed by atoms with E-state index in [0.29, 0.717) is 22.8 Å². The molecule has 1 aromatic carbocycles. The summed E-state index contributed by atoms with van der Waals surface area (Å²) in [6.45, 7) is 1.79. The summed E-state index contributed by atoms with van der Waals surface area (Å²) >= 11 is 0. The van der Waals surface area contributed by atoms with E-state index in [1.807, 2.05) is 6.07 Å². The molecule has 6 heteroatoms. The van der Waals surface area contributed by atoms with Gasteiger partial charge in [0.2, 0.25) is 5.82 Å². The number of aromatic nitrogens is 3. The smallest absolute Gasteiger partial charge is 0.274 e. The van der Waals surface area contributed by atoms with Gasteiger partial charge in [0.1, 0.15) is 23.3 Å². The molecular formula is C14H9FN4O. The molecule has 0 spiro atoms. The van der Waals surface area contributed by atoms with E-state index in [-0.39, 0.29) is 11.7 Å². The number of rotatable bonds is 2. The highest BCUT2D eigenvalue weighted by Crippen LogP contribution is 2.23. The average molecular weight is 268 g/mol. The molecule has 0 bridgehead atoms. The van der Waals surface area contributed by atoms with Crippen molar-refractivity contribution in [2.75, 3.05) is 0 Å². The van der Waals surface area contributed by atoms with Crippen LogP contribution in [0.2, 0.25) is 0 Å². The Morgan fingerprint density at radius 3 is 2.85 bits per heavy atom. The fourth-order valence-corrected chi connectivity index (χ4v) is 1.90. The quantitative estimate of drug-likeness (QED) is 0.774. The van der Waals surface area contributed by atoms with Crippen molar-refractivity contribution in [3.05, 3.63) is 47.4 Å². The minimum absolute atomic E-state index is 0.253. The van der Waals surface area contributed by atoms with E-state index in [4.69, 9.17) is 9.78 Å². The minimum Gasteiger partial charge on any atom is -0.342 e. The molecule has 0 unspecified atom stereocenters. The molecule has 0 atom stereocenters. The highest BCUT2D eigenvalue weighted by Gasteiger charge is 2.13. The molecule has 2 aromatic heterocycles. The van der Waals surface area contributed by atoms with Gasteiger partial charge in [-0.15, -0.1) is 0 Å². The van der Waals surface area contributed by atoms with Crippen LogP contribution >= 0.6 is 0 Å². The monoisotopic (exact) mass is 268 g/mol. The SMILES string of the molecule is Cc1cc(F)cc(-c2noc(-c3ccc(C#N)[nH]3)n2)c1. The molecule has 0 fully saturated rings. The number of nitriles is 1. The molecule has 3 rings (SSSR count). The molecular weight excluding hydrogens is 259 g/mol. The van der Waals surface area contributed by atoms with Crippen LogP contribution in [0.1, 0.15) is 11.3 Å². The molecule has 0 aliphatic rings. The fourth-order valence-electron chi connectivity index (χ4n) is 1.90. The largest absolute Gasteiger partial charge is 0.342 e. The zero-order valence-electron chi connectivity index (χ0n) is 10.5. The van der Waals surface area contributed by atoms with Crippen molar-refractivity contribution in [3.63, 3.8) is 0 Å². The van der Waals surface area contributed by atoms with Gasteiger partial charge >= 0.3 is 0 Å². The van der Waals surface area contributed by atoms with Gasteiger partial charge in [-0.3, -0.25) is 0 Å². The molecule has 98 valence electrons. The Morgan fingerprint density at radius 2 is 2.15 bits per heavy atom. The predicted molar refractivity (Wildman–Crippen MR) is 68.9 cm³/mol. The maximum Gasteiger partial charge on any atom is 0.274 e. The van der Waals surface area contributed by atoms with Gasteiger partial charge in [0.15, 0.2) is 0 Å². The second-order valence-electron chi connectivity index (χ2n) is 4.34. The van der Waals surface area contributed by atoms with E-state index in [0.717, 1.165) is 5.56 Å². The lowest BCUT2D eigenvalue weighted by molar-refractivity contribution is 0.431. The first-order chi connectivity index (χ1) is 9.65. The number of hydrogen-bond acceptors (Lipinski definition) is 4. The number of benzene rings is 1. The summed E-state index contributed by atoms with van der Waals surface area (Å²) in [6, 6.07) is 9.81. The highest BCUT2D eigenvalue weighted by atomic mass is 19.1. The molecule has 5 nitrogen and oxygen atoms in total. The summed E-state index contributed by atoms with van der Waals surface area (Å²) in [5.41, 5.74) is 2.28. The summed E-state index contributed by atoms with van der Waals surface area (Å²) in [5, 5.41) is 12.6. The Morgan fingerprint density at radius 1 is 1.30 bits per heavy atom. The summed E-state index contributed by atoms with van der Waals surface area (Å²) < 4.78 is 18.5. The molecule has 0 aliphatic heterocycles. The van der Waals surface area contributed by atoms with E-state index < -0.39 is 0 Å². The third kappa shape index (κ3) is 2.17. The standard InChI is InChI=1S/C14H9FN4O/c1-8-4-9(6-10(15)5-8)13-18-14(20-19-13)12-3-2-11(7-16)17-12/h2-6,17H,1H3. The summed E-state index contributed by atoms with van der Waals surface area (Å²) in [6.07, 6.45) is 0. The number of nitrogens with one attached hydrogen (secondary N) is 1. The van der Waals surface area contributed by atoms with Crippen molar-refractivity contribution in [2.24, 2.45) is 0 Å². The molecule has 0 amide bonds. The third-order valence-corrected chi connectivity index (χ3v) is 2.76. The van der Waals surface area contributed by atoms with E-state index >= 15 is 0 Å². The Balaban J connectivity index is 1.99. The molecule has 0 saturated carbocycles. The number of hydrogen-bond donors (Lipinski definition) is 1. The van der Waals surface area contributed by atoms with Crippen LogP contribution < -0.4 is 0 Å². The van der Waals surface area contributed by atoms with Gasteiger partial charge in [-0.2, -0.15) is 10.2 Å². The molecule has 3 aromatic rings. The fraction of sp³-hybridized carbons (Fsp3) is 0.0714. The Bertz CT molecular complexity index is 792. The second kappa shape index (κ2) is 4.63. The molecule has 0 radical (unpaired) electrons. The maximum absolute atomic E-state index is 13.4. The van der Waals surface area contributed by atoms with Crippen LogP contribution in [0.5, 0.6) is 0 Å². The summed E-state index contributed by atoms with van der Waals surface area (Å²) in [4.78, 5) is 7.03. The van der Waals surface area contributed by atoms with E-state index in [1.54, 1.807) is 25.1 Å². The zero-order valence-corrected chi connectivity index (χ0v) is 10.5. The summed E-state index contributed by atoms with van der Waals surface area (Å²) in [7, 11) is 0. The van der Waals surface area contributed by atoms with Crippen molar-refractivity contribution in [3.8, 4) is 29.0 Å². The first-order valence-corrected chi connectivity index (χ1v) is 5.86. The van der Waals surface area contributed by atoms with Crippen LogP contribution in [0, 0.1) is 24.1 Å².